The van der Waals surface area contributed by atoms with E-state index in [-0.39, 0.29) is 0 Å². The van der Waals surface area contributed by atoms with Crippen LogP contribution in [-0.2, 0) is 11.3 Å². The van der Waals surface area contributed by atoms with Gasteiger partial charge in [0.1, 0.15) is 5.56 Å². The number of halogens is 2. The Balaban J connectivity index is 1.80. The standard InChI is InChI=1S/C20H17Cl2N3O2/c1-2-6-19-17(13-23-25(19)16-7-4-3-5-8-16)20(26)27-24-12-14-9-10-15(21)11-18(14)22/h3-5,7-13H,2,6H2,1H3/b24-12-. The molecule has 3 aromatic rings. The van der Waals surface area contributed by atoms with Crippen LogP contribution in [0.4, 0.5) is 0 Å². The molecule has 0 spiro atoms. The molecule has 0 aliphatic heterocycles. The Morgan fingerprint density at radius 2 is 2.00 bits per heavy atom. The van der Waals surface area contributed by atoms with Crippen LogP contribution in [0.1, 0.15) is 35.0 Å². The maximum Gasteiger partial charge on any atom is 0.369 e. The molecule has 0 aliphatic rings. The number of nitrogens with zero attached hydrogens (tertiary/aromatic N) is 3. The fraction of sp³-hybridized carbons (Fsp3) is 0.150. The van der Waals surface area contributed by atoms with Crippen molar-refractivity contribution in [1.82, 2.24) is 9.78 Å². The molecule has 2 aromatic carbocycles. The van der Waals surface area contributed by atoms with Gasteiger partial charge in [-0.3, -0.25) is 0 Å². The van der Waals surface area contributed by atoms with Gasteiger partial charge in [-0.05, 0) is 30.7 Å². The van der Waals surface area contributed by atoms with Crippen molar-refractivity contribution in [1.29, 1.82) is 0 Å². The van der Waals surface area contributed by atoms with Crippen molar-refractivity contribution in [2.24, 2.45) is 5.16 Å². The molecule has 1 aromatic heterocycles. The van der Waals surface area contributed by atoms with Crippen LogP contribution >= 0.6 is 23.2 Å². The minimum atomic E-state index is -0.568. The van der Waals surface area contributed by atoms with Crippen molar-refractivity contribution < 1.29 is 9.63 Å². The Bertz CT molecular complexity index is 969. The molecule has 0 radical (unpaired) electrons. The summed E-state index contributed by atoms with van der Waals surface area (Å²) < 4.78 is 1.75. The van der Waals surface area contributed by atoms with E-state index in [0.29, 0.717) is 27.6 Å². The monoisotopic (exact) mass is 401 g/mol. The highest BCUT2D eigenvalue weighted by molar-refractivity contribution is 6.36. The summed E-state index contributed by atoms with van der Waals surface area (Å²) in [6.07, 6.45) is 4.43. The Morgan fingerprint density at radius 1 is 1.22 bits per heavy atom. The highest BCUT2D eigenvalue weighted by atomic mass is 35.5. The van der Waals surface area contributed by atoms with Crippen molar-refractivity contribution >= 4 is 35.4 Å². The second kappa shape index (κ2) is 8.84. The minimum absolute atomic E-state index is 0.389. The molecule has 0 saturated carbocycles. The van der Waals surface area contributed by atoms with Crippen LogP contribution in [0, 0.1) is 0 Å². The number of benzene rings is 2. The number of aromatic nitrogens is 2. The average molecular weight is 402 g/mol. The SMILES string of the molecule is CCCc1c(C(=O)O/N=C\c2ccc(Cl)cc2Cl)cnn1-c1ccccc1. The molecule has 1 heterocycles. The second-order valence-corrected chi connectivity index (χ2v) is 6.63. The largest absolute Gasteiger partial charge is 0.369 e. The first-order chi connectivity index (χ1) is 13.1. The molecule has 0 aliphatic carbocycles. The van der Waals surface area contributed by atoms with Gasteiger partial charge in [0.05, 0.1) is 28.8 Å². The van der Waals surface area contributed by atoms with E-state index in [1.807, 2.05) is 37.3 Å². The lowest BCUT2D eigenvalue weighted by Crippen LogP contribution is -2.08. The molecular weight excluding hydrogens is 385 g/mol. The van der Waals surface area contributed by atoms with Crippen LogP contribution in [0.5, 0.6) is 0 Å². The maximum atomic E-state index is 12.5. The van der Waals surface area contributed by atoms with Gasteiger partial charge in [-0.25, -0.2) is 9.48 Å². The lowest BCUT2D eigenvalue weighted by atomic mass is 10.1. The van der Waals surface area contributed by atoms with E-state index in [1.54, 1.807) is 22.9 Å². The molecule has 27 heavy (non-hydrogen) atoms. The molecule has 0 fully saturated rings. The normalized spacial score (nSPS) is 11.1. The van der Waals surface area contributed by atoms with Crippen LogP contribution in [-0.4, -0.2) is 22.0 Å². The quantitative estimate of drug-likeness (QED) is 0.319. The molecule has 0 N–H and O–H groups in total. The van der Waals surface area contributed by atoms with Crippen LogP contribution in [0.3, 0.4) is 0 Å². The Kier molecular flexibility index (Phi) is 6.27. The number of carbonyl (C=O) groups is 1. The molecule has 0 bridgehead atoms. The Hall–Kier alpha value is -2.63. The molecule has 0 atom stereocenters. The molecule has 7 heteroatoms. The van der Waals surface area contributed by atoms with E-state index in [2.05, 4.69) is 10.3 Å². The van der Waals surface area contributed by atoms with E-state index in [4.69, 9.17) is 28.0 Å². The third-order valence-electron chi connectivity index (χ3n) is 3.87. The summed E-state index contributed by atoms with van der Waals surface area (Å²) >= 11 is 11.9. The molecule has 0 unspecified atom stereocenters. The van der Waals surface area contributed by atoms with Gasteiger partial charge in [0.15, 0.2) is 0 Å². The number of para-hydroxylation sites is 1. The summed E-state index contributed by atoms with van der Waals surface area (Å²) in [6.45, 7) is 2.04. The molecule has 5 nitrogen and oxygen atoms in total. The van der Waals surface area contributed by atoms with Gasteiger partial charge in [0, 0.05) is 10.6 Å². The Morgan fingerprint density at radius 3 is 2.70 bits per heavy atom. The first kappa shape index (κ1) is 19.1. The lowest BCUT2D eigenvalue weighted by molar-refractivity contribution is 0.0518. The topological polar surface area (TPSA) is 56.5 Å². The van der Waals surface area contributed by atoms with Gasteiger partial charge in [-0.2, -0.15) is 5.10 Å². The molecule has 0 amide bonds. The average Bonchev–Trinajstić information content (AvgIpc) is 3.08. The van der Waals surface area contributed by atoms with Gasteiger partial charge in [0.2, 0.25) is 0 Å². The zero-order valence-electron chi connectivity index (χ0n) is 14.6. The van der Waals surface area contributed by atoms with E-state index in [1.165, 1.54) is 12.4 Å². The maximum absolute atomic E-state index is 12.5. The van der Waals surface area contributed by atoms with Crippen LogP contribution < -0.4 is 0 Å². The van der Waals surface area contributed by atoms with Crippen LogP contribution in [0.25, 0.3) is 5.69 Å². The second-order valence-electron chi connectivity index (χ2n) is 5.78. The predicted octanol–water partition coefficient (Wildman–Crippen LogP) is 5.32. The van der Waals surface area contributed by atoms with Crippen LogP contribution in [0.2, 0.25) is 10.0 Å². The first-order valence-corrected chi connectivity index (χ1v) is 9.18. The highest BCUT2D eigenvalue weighted by Crippen LogP contribution is 2.20. The van der Waals surface area contributed by atoms with Gasteiger partial charge < -0.3 is 4.84 Å². The van der Waals surface area contributed by atoms with E-state index < -0.39 is 5.97 Å². The summed E-state index contributed by atoms with van der Waals surface area (Å²) in [7, 11) is 0. The van der Waals surface area contributed by atoms with Crippen molar-refractivity contribution in [3.63, 3.8) is 0 Å². The number of hydrogen-bond donors (Lipinski definition) is 0. The van der Waals surface area contributed by atoms with Gasteiger partial charge >= 0.3 is 5.97 Å². The molecular formula is C20H17Cl2N3O2. The summed E-state index contributed by atoms with van der Waals surface area (Å²) in [5.41, 5.74) is 2.66. The summed E-state index contributed by atoms with van der Waals surface area (Å²) in [5, 5.41) is 9.04. The number of oxime groups is 1. The van der Waals surface area contributed by atoms with E-state index in [9.17, 15) is 4.79 Å². The fourth-order valence-electron chi connectivity index (χ4n) is 2.60. The first-order valence-electron chi connectivity index (χ1n) is 8.42. The number of rotatable bonds is 6. The molecule has 138 valence electrons. The molecule has 3 rings (SSSR count). The zero-order valence-corrected chi connectivity index (χ0v) is 16.1. The summed E-state index contributed by atoms with van der Waals surface area (Å²) in [5.74, 6) is -0.568. The minimum Gasteiger partial charge on any atom is -0.313 e. The smallest absolute Gasteiger partial charge is 0.313 e. The Labute approximate surface area is 167 Å². The zero-order chi connectivity index (χ0) is 19.2. The van der Waals surface area contributed by atoms with E-state index >= 15 is 0 Å². The van der Waals surface area contributed by atoms with Gasteiger partial charge in [-0.1, -0.05) is 66.0 Å². The number of carbonyl (C=O) groups excluding carboxylic acids is 1. The van der Waals surface area contributed by atoms with E-state index in [0.717, 1.165) is 17.8 Å². The van der Waals surface area contributed by atoms with Crippen LogP contribution in [0.15, 0.2) is 59.9 Å². The van der Waals surface area contributed by atoms with Crippen molar-refractivity contribution in [3.8, 4) is 5.69 Å². The van der Waals surface area contributed by atoms with Gasteiger partial charge in [-0.15, -0.1) is 0 Å². The van der Waals surface area contributed by atoms with Gasteiger partial charge in [0.25, 0.3) is 0 Å². The fourth-order valence-corrected chi connectivity index (χ4v) is 3.06. The lowest BCUT2D eigenvalue weighted by Gasteiger charge is -2.07. The number of hydrogen-bond acceptors (Lipinski definition) is 4. The molecule has 0 saturated heterocycles. The van der Waals surface area contributed by atoms with Crippen molar-refractivity contribution in [3.05, 3.63) is 81.6 Å². The summed E-state index contributed by atoms with van der Waals surface area (Å²) in [6, 6.07) is 14.6. The summed E-state index contributed by atoms with van der Waals surface area (Å²) in [4.78, 5) is 17.5. The predicted molar refractivity (Wildman–Crippen MR) is 107 cm³/mol. The highest BCUT2D eigenvalue weighted by Gasteiger charge is 2.19. The van der Waals surface area contributed by atoms with Crippen molar-refractivity contribution in [2.45, 2.75) is 19.8 Å². The third kappa shape index (κ3) is 4.56. The van der Waals surface area contributed by atoms with Crippen molar-refractivity contribution in [2.75, 3.05) is 0 Å². The third-order valence-corrected chi connectivity index (χ3v) is 4.43.